The van der Waals surface area contributed by atoms with Crippen LogP contribution in [0.4, 0.5) is 11.4 Å². The maximum absolute atomic E-state index is 12.7. The molecule has 0 saturated carbocycles. The number of carbonyl (C=O) groups excluding carboxylic acids is 2. The van der Waals surface area contributed by atoms with Gasteiger partial charge in [-0.1, -0.05) is 39.1 Å². The first-order chi connectivity index (χ1) is 12.3. The lowest BCUT2D eigenvalue weighted by Gasteiger charge is -2.19. The number of hydrogen-bond acceptors (Lipinski definition) is 2. The fourth-order valence-electron chi connectivity index (χ4n) is 2.96. The number of rotatable bonds is 3. The Kier molecular flexibility index (Phi) is 5.61. The van der Waals surface area contributed by atoms with E-state index in [1.165, 1.54) is 4.90 Å². The number of aryl methyl sites for hydroxylation is 2. The molecular formula is C19H17BrCl2N2O2. The molecule has 2 aromatic rings. The first-order valence-electron chi connectivity index (χ1n) is 8.09. The summed E-state index contributed by atoms with van der Waals surface area (Å²) in [6, 6.07) is 8.83. The van der Waals surface area contributed by atoms with Crippen molar-refractivity contribution in [2.75, 3.05) is 16.8 Å². The first kappa shape index (κ1) is 19.2. The molecule has 2 amide bonds. The van der Waals surface area contributed by atoms with Crippen molar-refractivity contribution in [2.24, 2.45) is 5.92 Å². The summed E-state index contributed by atoms with van der Waals surface area (Å²) in [5, 5.41) is 3.87. The van der Waals surface area contributed by atoms with Crippen LogP contribution in [0.1, 0.15) is 17.5 Å². The van der Waals surface area contributed by atoms with Crippen molar-refractivity contribution in [1.82, 2.24) is 0 Å². The number of nitrogens with one attached hydrogen (secondary N) is 1. The van der Waals surface area contributed by atoms with Gasteiger partial charge in [0.25, 0.3) is 0 Å². The molecule has 4 nitrogen and oxygen atoms in total. The molecular weight excluding hydrogens is 439 g/mol. The molecule has 1 N–H and O–H groups in total. The summed E-state index contributed by atoms with van der Waals surface area (Å²) in [6.07, 6.45) is 0.142. The standard InChI is InChI=1S/C19H17BrCl2N2O2/c1-10-6-16(11(2)5-14(10)20)23-19(26)12-7-18(25)24(9-12)17-8-13(21)3-4-15(17)22/h3-6,8,12H,7,9H2,1-2H3,(H,23,26)/t12-/m1/s1. The Bertz CT molecular complexity index is 901. The number of halogens is 3. The van der Waals surface area contributed by atoms with Crippen LogP contribution >= 0.6 is 39.1 Å². The van der Waals surface area contributed by atoms with Crippen molar-refractivity contribution in [3.05, 3.63) is 56.0 Å². The summed E-state index contributed by atoms with van der Waals surface area (Å²) in [7, 11) is 0. The lowest BCUT2D eigenvalue weighted by atomic mass is 10.1. The first-order valence-corrected chi connectivity index (χ1v) is 9.64. The van der Waals surface area contributed by atoms with E-state index in [1.807, 2.05) is 26.0 Å². The molecule has 0 aliphatic carbocycles. The molecule has 0 bridgehead atoms. The Labute approximate surface area is 170 Å². The molecule has 3 rings (SSSR count). The summed E-state index contributed by atoms with van der Waals surface area (Å²) in [5.41, 5.74) is 3.27. The van der Waals surface area contributed by atoms with E-state index in [0.29, 0.717) is 15.7 Å². The van der Waals surface area contributed by atoms with Gasteiger partial charge >= 0.3 is 0 Å². The van der Waals surface area contributed by atoms with Crippen LogP contribution < -0.4 is 10.2 Å². The smallest absolute Gasteiger partial charge is 0.229 e. The van der Waals surface area contributed by atoms with Gasteiger partial charge in [0.05, 0.1) is 16.6 Å². The van der Waals surface area contributed by atoms with Gasteiger partial charge in [-0.25, -0.2) is 0 Å². The number of nitrogens with zero attached hydrogens (tertiary/aromatic N) is 1. The molecule has 1 saturated heterocycles. The molecule has 0 spiro atoms. The molecule has 7 heteroatoms. The van der Waals surface area contributed by atoms with E-state index >= 15 is 0 Å². The molecule has 1 aliphatic rings. The fourth-order valence-corrected chi connectivity index (χ4v) is 3.80. The lowest BCUT2D eigenvalue weighted by Crippen LogP contribution is -2.28. The number of benzene rings is 2. The minimum absolute atomic E-state index is 0.141. The van der Waals surface area contributed by atoms with Crippen LogP contribution in [0.3, 0.4) is 0 Å². The fraction of sp³-hybridized carbons (Fsp3) is 0.263. The van der Waals surface area contributed by atoms with Gasteiger partial charge in [0.2, 0.25) is 11.8 Å². The monoisotopic (exact) mass is 454 g/mol. The molecule has 1 aliphatic heterocycles. The van der Waals surface area contributed by atoms with E-state index in [4.69, 9.17) is 23.2 Å². The Morgan fingerprint density at radius 3 is 2.65 bits per heavy atom. The summed E-state index contributed by atoms with van der Waals surface area (Å²) in [5.74, 6) is -0.761. The second-order valence-electron chi connectivity index (χ2n) is 6.41. The van der Waals surface area contributed by atoms with Crippen LogP contribution in [-0.2, 0) is 9.59 Å². The third-order valence-corrected chi connectivity index (χ3v) is 5.87. The van der Waals surface area contributed by atoms with E-state index in [-0.39, 0.29) is 24.8 Å². The van der Waals surface area contributed by atoms with E-state index in [2.05, 4.69) is 21.2 Å². The molecule has 0 unspecified atom stereocenters. The highest BCUT2D eigenvalue weighted by Gasteiger charge is 2.36. The minimum Gasteiger partial charge on any atom is -0.326 e. The normalized spacial score (nSPS) is 16.9. The number of amides is 2. The van der Waals surface area contributed by atoms with Crippen molar-refractivity contribution in [1.29, 1.82) is 0 Å². The number of hydrogen-bond donors (Lipinski definition) is 1. The molecule has 26 heavy (non-hydrogen) atoms. The predicted molar refractivity (Wildman–Crippen MR) is 109 cm³/mol. The molecule has 1 atom stereocenters. The second kappa shape index (κ2) is 7.59. The van der Waals surface area contributed by atoms with Gasteiger partial charge < -0.3 is 10.2 Å². The zero-order chi connectivity index (χ0) is 19.0. The molecule has 0 aromatic heterocycles. The maximum atomic E-state index is 12.7. The average molecular weight is 456 g/mol. The van der Waals surface area contributed by atoms with Crippen LogP contribution in [0, 0.1) is 19.8 Å². The largest absolute Gasteiger partial charge is 0.326 e. The van der Waals surface area contributed by atoms with E-state index in [9.17, 15) is 9.59 Å². The van der Waals surface area contributed by atoms with Gasteiger partial charge in [-0.15, -0.1) is 0 Å². The van der Waals surface area contributed by atoms with Crippen LogP contribution in [0.5, 0.6) is 0 Å². The third kappa shape index (κ3) is 3.90. The molecule has 136 valence electrons. The maximum Gasteiger partial charge on any atom is 0.229 e. The summed E-state index contributed by atoms with van der Waals surface area (Å²) >= 11 is 15.7. The van der Waals surface area contributed by atoms with Crippen molar-refractivity contribution in [3.63, 3.8) is 0 Å². The highest BCUT2D eigenvalue weighted by Crippen LogP contribution is 2.34. The molecule has 1 fully saturated rings. The highest BCUT2D eigenvalue weighted by atomic mass is 79.9. The van der Waals surface area contributed by atoms with Crippen LogP contribution in [-0.4, -0.2) is 18.4 Å². The Morgan fingerprint density at radius 2 is 1.92 bits per heavy atom. The average Bonchev–Trinajstić information content (AvgIpc) is 2.96. The Morgan fingerprint density at radius 1 is 1.19 bits per heavy atom. The van der Waals surface area contributed by atoms with Crippen molar-refractivity contribution in [2.45, 2.75) is 20.3 Å². The topological polar surface area (TPSA) is 49.4 Å². The highest BCUT2D eigenvalue weighted by molar-refractivity contribution is 9.10. The van der Waals surface area contributed by atoms with Gasteiger partial charge in [-0.2, -0.15) is 0 Å². The molecule has 2 aromatic carbocycles. The zero-order valence-electron chi connectivity index (χ0n) is 14.3. The van der Waals surface area contributed by atoms with Crippen molar-refractivity contribution < 1.29 is 9.59 Å². The van der Waals surface area contributed by atoms with Crippen molar-refractivity contribution >= 4 is 62.3 Å². The number of anilines is 2. The summed E-state index contributed by atoms with van der Waals surface area (Å²) in [4.78, 5) is 26.6. The van der Waals surface area contributed by atoms with Gasteiger partial charge in [-0.3, -0.25) is 9.59 Å². The van der Waals surface area contributed by atoms with Crippen LogP contribution in [0.25, 0.3) is 0 Å². The SMILES string of the molecule is Cc1cc(NC(=O)[C@@H]2CC(=O)N(c3cc(Cl)ccc3Cl)C2)c(C)cc1Br. The lowest BCUT2D eigenvalue weighted by molar-refractivity contribution is -0.122. The van der Waals surface area contributed by atoms with Crippen LogP contribution in [0.2, 0.25) is 10.0 Å². The van der Waals surface area contributed by atoms with Gasteiger partial charge in [0.15, 0.2) is 0 Å². The quantitative estimate of drug-likeness (QED) is 0.676. The number of carbonyl (C=O) groups is 2. The summed E-state index contributed by atoms with van der Waals surface area (Å²) < 4.78 is 0.991. The van der Waals surface area contributed by atoms with Crippen LogP contribution in [0.15, 0.2) is 34.8 Å². The van der Waals surface area contributed by atoms with Gasteiger partial charge in [0, 0.05) is 28.1 Å². The van der Waals surface area contributed by atoms with E-state index in [0.717, 1.165) is 21.3 Å². The summed E-state index contributed by atoms with van der Waals surface area (Å²) in [6.45, 7) is 4.16. The predicted octanol–water partition coefficient (Wildman–Crippen LogP) is 5.36. The Hall–Kier alpha value is -1.56. The zero-order valence-corrected chi connectivity index (χ0v) is 17.4. The second-order valence-corrected chi connectivity index (χ2v) is 8.10. The minimum atomic E-state index is -0.444. The molecule has 0 radical (unpaired) electrons. The third-order valence-electron chi connectivity index (χ3n) is 4.46. The van der Waals surface area contributed by atoms with Gasteiger partial charge in [0.1, 0.15) is 0 Å². The Balaban J connectivity index is 1.77. The van der Waals surface area contributed by atoms with E-state index in [1.54, 1.807) is 18.2 Å². The molecule has 1 heterocycles. The van der Waals surface area contributed by atoms with E-state index < -0.39 is 5.92 Å². The van der Waals surface area contributed by atoms with Crippen molar-refractivity contribution in [3.8, 4) is 0 Å². The van der Waals surface area contributed by atoms with Gasteiger partial charge in [-0.05, 0) is 55.3 Å².